The molecule has 0 fully saturated rings. The Morgan fingerprint density at radius 2 is 0.943 bits per heavy atom. The van der Waals surface area contributed by atoms with Gasteiger partial charge in [-0.25, -0.2) is 0 Å². The molecule has 4 nitrogen and oxygen atoms in total. The molecule has 180 valence electrons. The van der Waals surface area contributed by atoms with Crippen LogP contribution in [0.3, 0.4) is 0 Å². The van der Waals surface area contributed by atoms with E-state index in [2.05, 4.69) is 0 Å². The minimum Gasteiger partial charge on any atom is -0.382 e. The van der Waals surface area contributed by atoms with E-state index >= 15 is 0 Å². The highest BCUT2D eigenvalue weighted by Crippen LogP contribution is 2.17. The summed E-state index contributed by atoms with van der Waals surface area (Å²) < 4.78 is 4.83. The van der Waals surface area contributed by atoms with E-state index in [0.717, 1.165) is 24.3 Å². The molecule has 0 spiro atoms. The molecule has 35 heavy (non-hydrogen) atoms. The maximum absolute atomic E-state index is 11.9. The zero-order valence-electron chi connectivity index (χ0n) is 20.2. The predicted octanol–water partition coefficient (Wildman–Crippen LogP) is 6.56. The molecule has 4 rings (SSSR count). The second-order valence-corrected chi connectivity index (χ2v) is 7.39. The molecule has 4 aromatic rings. The van der Waals surface area contributed by atoms with E-state index in [1.54, 1.807) is 48.5 Å². The summed E-state index contributed by atoms with van der Waals surface area (Å²) in [7, 11) is 0. The van der Waals surface area contributed by atoms with Gasteiger partial charge in [-0.1, -0.05) is 121 Å². The zero-order chi connectivity index (χ0) is 25.3. The SMILES string of the molecule is CCOCC.O=C(c1ccccc1)C(O)c1ccccc1.O=C(c1ccccc1)c1ccccc1. The van der Waals surface area contributed by atoms with Crippen LogP contribution >= 0.6 is 0 Å². The van der Waals surface area contributed by atoms with E-state index in [1.807, 2.05) is 86.6 Å². The van der Waals surface area contributed by atoms with Crippen molar-refractivity contribution in [2.24, 2.45) is 0 Å². The molecule has 4 heteroatoms. The number of ether oxygens (including phenoxy) is 1. The fraction of sp³-hybridized carbons (Fsp3) is 0.161. The largest absolute Gasteiger partial charge is 0.382 e. The number of ketones is 2. The first-order valence-electron chi connectivity index (χ1n) is 11.6. The van der Waals surface area contributed by atoms with Gasteiger partial charge in [0.2, 0.25) is 0 Å². The normalized spacial score (nSPS) is 10.6. The Labute approximate surface area is 207 Å². The lowest BCUT2D eigenvalue weighted by molar-refractivity contribution is 0.0747. The Morgan fingerprint density at radius 3 is 1.29 bits per heavy atom. The average Bonchev–Trinajstić information content (AvgIpc) is 2.95. The Hall–Kier alpha value is -3.86. The molecule has 0 amide bonds. The number of benzene rings is 4. The highest BCUT2D eigenvalue weighted by molar-refractivity contribution is 6.08. The number of aliphatic hydroxyl groups is 1. The Morgan fingerprint density at radius 1 is 0.600 bits per heavy atom. The van der Waals surface area contributed by atoms with Gasteiger partial charge in [0.15, 0.2) is 11.6 Å². The van der Waals surface area contributed by atoms with Gasteiger partial charge in [0.1, 0.15) is 6.10 Å². The number of carbonyl (C=O) groups excluding carboxylic acids is 2. The number of hydrogen-bond donors (Lipinski definition) is 1. The molecule has 0 saturated carbocycles. The van der Waals surface area contributed by atoms with Crippen LogP contribution in [0.25, 0.3) is 0 Å². The first kappa shape index (κ1) is 27.4. The summed E-state index contributed by atoms with van der Waals surface area (Å²) in [4.78, 5) is 23.7. The molecule has 4 aromatic carbocycles. The summed E-state index contributed by atoms with van der Waals surface area (Å²) in [6.45, 7) is 5.67. The van der Waals surface area contributed by atoms with Crippen LogP contribution in [0.15, 0.2) is 121 Å². The van der Waals surface area contributed by atoms with Crippen LogP contribution < -0.4 is 0 Å². The lowest BCUT2D eigenvalue weighted by Crippen LogP contribution is -2.11. The molecule has 1 N–H and O–H groups in total. The number of hydrogen-bond acceptors (Lipinski definition) is 4. The van der Waals surface area contributed by atoms with E-state index in [4.69, 9.17) is 4.74 Å². The fourth-order valence-corrected chi connectivity index (χ4v) is 3.10. The second kappa shape index (κ2) is 15.9. The van der Waals surface area contributed by atoms with Gasteiger partial charge in [0.05, 0.1) is 0 Å². The monoisotopic (exact) mass is 468 g/mol. The van der Waals surface area contributed by atoms with Crippen LogP contribution in [0, 0.1) is 0 Å². The Bertz CT molecular complexity index is 1070. The first-order chi connectivity index (χ1) is 17.1. The molecule has 0 saturated heterocycles. The van der Waals surface area contributed by atoms with Crippen molar-refractivity contribution in [1.82, 2.24) is 0 Å². The Balaban J connectivity index is 0.000000209. The van der Waals surface area contributed by atoms with Crippen molar-refractivity contribution >= 4 is 11.6 Å². The van der Waals surface area contributed by atoms with Gasteiger partial charge in [-0.15, -0.1) is 0 Å². The maximum Gasteiger partial charge on any atom is 0.195 e. The quantitative estimate of drug-likeness (QED) is 0.312. The predicted molar refractivity (Wildman–Crippen MR) is 141 cm³/mol. The molecule has 1 unspecified atom stereocenters. The average molecular weight is 469 g/mol. The number of aliphatic hydroxyl groups excluding tert-OH is 1. The van der Waals surface area contributed by atoms with Crippen molar-refractivity contribution in [3.63, 3.8) is 0 Å². The topological polar surface area (TPSA) is 63.6 Å². The smallest absolute Gasteiger partial charge is 0.195 e. The molecule has 0 radical (unpaired) electrons. The summed E-state index contributed by atoms with van der Waals surface area (Å²) in [6, 6.07) is 36.4. The highest BCUT2D eigenvalue weighted by atomic mass is 16.5. The van der Waals surface area contributed by atoms with E-state index < -0.39 is 6.10 Å². The van der Waals surface area contributed by atoms with E-state index in [-0.39, 0.29) is 11.6 Å². The van der Waals surface area contributed by atoms with Crippen molar-refractivity contribution in [2.75, 3.05) is 13.2 Å². The van der Waals surface area contributed by atoms with Crippen molar-refractivity contribution < 1.29 is 19.4 Å². The molecule has 0 aliphatic carbocycles. The molecule has 1 atom stereocenters. The van der Waals surface area contributed by atoms with Gasteiger partial charge in [0, 0.05) is 29.9 Å². The molecule has 0 aromatic heterocycles. The third-order valence-corrected chi connectivity index (χ3v) is 4.90. The van der Waals surface area contributed by atoms with Crippen LogP contribution in [0.2, 0.25) is 0 Å². The molecule has 0 heterocycles. The number of carbonyl (C=O) groups is 2. The summed E-state index contributed by atoms with van der Waals surface area (Å²) in [6.07, 6.45) is -1.08. The lowest BCUT2D eigenvalue weighted by atomic mass is 10.0. The van der Waals surface area contributed by atoms with Crippen LogP contribution in [-0.4, -0.2) is 29.9 Å². The molecular formula is C31H32O4. The van der Waals surface area contributed by atoms with Gasteiger partial charge in [-0.3, -0.25) is 9.59 Å². The van der Waals surface area contributed by atoms with Crippen molar-refractivity contribution in [2.45, 2.75) is 20.0 Å². The first-order valence-corrected chi connectivity index (χ1v) is 11.6. The van der Waals surface area contributed by atoms with Gasteiger partial charge >= 0.3 is 0 Å². The van der Waals surface area contributed by atoms with Gasteiger partial charge < -0.3 is 9.84 Å². The van der Waals surface area contributed by atoms with Gasteiger partial charge in [0.25, 0.3) is 0 Å². The number of Topliss-reactive ketones (excluding diaryl/α,β-unsaturated/α-hetero) is 1. The van der Waals surface area contributed by atoms with Crippen molar-refractivity contribution in [3.8, 4) is 0 Å². The molecule has 0 bridgehead atoms. The van der Waals surface area contributed by atoms with Crippen LogP contribution in [0.5, 0.6) is 0 Å². The summed E-state index contributed by atoms with van der Waals surface area (Å²) in [5, 5.41) is 9.89. The summed E-state index contributed by atoms with van der Waals surface area (Å²) >= 11 is 0. The fourth-order valence-electron chi connectivity index (χ4n) is 3.10. The lowest BCUT2D eigenvalue weighted by Gasteiger charge is -2.09. The molecule has 0 aliphatic rings. The van der Waals surface area contributed by atoms with E-state index in [1.165, 1.54) is 0 Å². The van der Waals surface area contributed by atoms with Crippen molar-refractivity contribution in [1.29, 1.82) is 0 Å². The van der Waals surface area contributed by atoms with Crippen LogP contribution in [0.4, 0.5) is 0 Å². The number of rotatable bonds is 7. The summed E-state index contributed by atoms with van der Waals surface area (Å²) in [5.41, 5.74) is 2.62. The molecule has 0 aliphatic heterocycles. The standard InChI is InChI=1S/C14H12O2.C13H10O.C4H10O/c15-13(11-7-3-1-4-8-11)14(16)12-9-5-2-6-10-12;14-13(11-7-3-1-4-8-11)12-9-5-2-6-10-12;1-3-5-4-2/h1-10,13,15H;1-10H;3-4H2,1-2H3. The minimum absolute atomic E-state index is 0.0752. The van der Waals surface area contributed by atoms with Gasteiger partial charge in [-0.2, -0.15) is 0 Å². The minimum atomic E-state index is -1.08. The van der Waals surface area contributed by atoms with E-state index in [9.17, 15) is 14.7 Å². The summed E-state index contributed by atoms with van der Waals surface area (Å²) in [5.74, 6) is -0.196. The third kappa shape index (κ3) is 9.49. The Kier molecular flexibility index (Phi) is 12.4. The van der Waals surface area contributed by atoms with E-state index in [0.29, 0.717) is 11.1 Å². The van der Waals surface area contributed by atoms with Crippen molar-refractivity contribution in [3.05, 3.63) is 144 Å². The van der Waals surface area contributed by atoms with Crippen LogP contribution in [0.1, 0.15) is 51.8 Å². The van der Waals surface area contributed by atoms with Crippen LogP contribution in [-0.2, 0) is 4.74 Å². The second-order valence-electron chi connectivity index (χ2n) is 7.39. The molecular weight excluding hydrogens is 436 g/mol. The van der Waals surface area contributed by atoms with Gasteiger partial charge in [-0.05, 0) is 19.4 Å². The third-order valence-electron chi connectivity index (χ3n) is 4.90. The highest BCUT2D eigenvalue weighted by Gasteiger charge is 2.18. The zero-order valence-corrected chi connectivity index (χ0v) is 20.2. The maximum atomic E-state index is 11.9.